The summed E-state index contributed by atoms with van der Waals surface area (Å²) < 4.78 is 0. The Morgan fingerprint density at radius 3 is 2.72 bits per heavy atom. The van der Waals surface area contributed by atoms with Crippen LogP contribution in [0.5, 0.6) is 0 Å². The molecule has 148 valence electrons. The van der Waals surface area contributed by atoms with Crippen LogP contribution < -0.4 is 16.4 Å². The molecule has 5 rings (SSSR count). The first kappa shape index (κ1) is 18.3. The summed E-state index contributed by atoms with van der Waals surface area (Å²) in [6, 6.07) is 5.77. The molecule has 4 heterocycles. The molecule has 4 aromatic rings. The monoisotopic (exact) mass is 426 g/mol. The number of aromatic nitrogens is 5. The Labute approximate surface area is 176 Å². The lowest BCUT2D eigenvalue weighted by molar-refractivity contribution is 0.608. The van der Waals surface area contributed by atoms with Crippen molar-refractivity contribution in [1.82, 2.24) is 24.9 Å². The van der Waals surface area contributed by atoms with Gasteiger partial charge in [-0.2, -0.15) is 4.98 Å². The van der Waals surface area contributed by atoms with E-state index in [-0.39, 0.29) is 5.95 Å². The molecule has 29 heavy (non-hydrogen) atoms. The zero-order chi connectivity index (χ0) is 20.1. The second kappa shape index (κ2) is 6.93. The zero-order valence-corrected chi connectivity index (χ0v) is 17.3. The molecule has 3 aromatic heterocycles. The van der Waals surface area contributed by atoms with E-state index in [9.17, 15) is 0 Å². The van der Waals surface area contributed by atoms with E-state index in [1.807, 2.05) is 18.2 Å². The molecule has 10 heteroatoms. The lowest BCUT2D eigenvalue weighted by Crippen LogP contribution is -2.37. The third-order valence-corrected chi connectivity index (χ3v) is 6.33. The maximum Gasteiger partial charge on any atom is 0.222 e. The summed E-state index contributed by atoms with van der Waals surface area (Å²) in [5, 5.41) is 3.04. The fourth-order valence-corrected chi connectivity index (χ4v) is 4.58. The molecule has 0 aliphatic carbocycles. The predicted octanol–water partition coefficient (Wildman–Crippen LogP) is 3.64. The van der Waals surface area contributed by atoms with E-state index in [0.717, 1.165) is 58.8 Å². The summed E-state index contributed by atoms with van der Waals surface area (Å²) in [5.41, 5.74) is 14.1. The molecular formula is C19H19ClN8S. The van der Waals surface area contributed by atoms with Gasteiger partial charge in [-0.1, -0.05) is 18.5 Å². The first-order chi connectivity index (χ1) is 14.0. The van der Waals surface area contributed by atoms with Crippen molar-refractivity contribution in [3.05, 3.63) is 28.9 Å². The SMILES string of the molecule is CCc1[nH]c2nc(Sc3ccc4c(N)nc(N)nc4c3)nc(N3CCC3)c2c1Cl. The van der Waals surface area contributed by atoms with Crippen LogP contribution in [0, 0.1) is 0 Å². The van der Waals surface area contributed by atoms with Gasteiger partial charge in [0.15, 0.2) is 5.16 Å². The number of rotatable bonds is 4. The maximum atomic E-state index is 6.61. The van der Waals surface area contributed by atoms with E-state index < -0.39 is 0 Å². The van der Waals surface area contributed by atoms with Crippen LogP contribution in [0.15, 0.2) is 28.3 Å². The van der Waals surface area contributed by atoms with Crippen LogP contribution in [0.4, 0.5) is 17.6 Å². The molecule has 1 aromatic carbocycles. The average Bonchev–Trinajstić information content (AvgIpc) is 2.95. The van der Waals surface area contributed by atoms with Crippen LogP contribution in [0.25, 0.3) is 21.9 Å². The molecule has 1 aliphatic heterocycles. The number of nitrogen functional groups attached to an aromatic ring is 2. The first-order valence-electron chi connectivity index (χ1n) is 9.37. The molecule has 8 nitrogen and oxygen atoms in total. The Morgan fingerprint density at radius 2 is 2.00 bits per heavy atom. The standard InChI is InChI=1S/C19H19ClN8S/c1-2-11-14(20)13-16(23-11)26-19(27-17(13)28-6-3-7-28)29-9-4-5-10-12(8-9)24-18(22)25-15(10)21/h4-5,8H,2-3,6-7H2,1H3,(H,23,26,27)(H4,21,22,24,25). The molecule has 0 bridgehead atoms. The Balaban J connectivity index is 1.59. The third kappa shape index (κ3) is 3.10. The predicted molar refractivity (Wildman–Crippen MR) is 118 cm³/mol. The maximum absolute atomic E-state index is 6.61. The van der Waals surface area contributed by atoms with Gasteiger partial charge >= 0.3 is 0 Å². The molecule has 0 unspecified atom stereocenters. The molecule has 0 amide bonds. The number of hydrogen-bond donors (Lipinski definition) is 3. The number of anilines is 3. The third-order valence-electron chi connectivity index (χ3n) is 5.06. The number of nitrogens with two attached hydrogens (primary N) is 2. The average molecular weight is 427 g/mol. The zero-order valence-electron chi connectivity index (χ0n) is 15.7. The van der Waals surface area contributed by atoms with Crippen LogP contribution in [-0.4, -0.2) is 38.0 Å². The van der Waals surface area contributed by atoms with Gasteiger partial charge in [-0.05, 0) is 42.8 Å². The van der Waals surface area contributed by atoms with E-state index in [1.165, 1.54) is 11.8 Å². The molecule has 0 spiro atoms. The number of halogens is 1. The quantitative estimate of drug-likeness (QED) is 0.422. The summed E-state index contributed by atoms with van der Waals surface area (Å²) in [6.45, 7) is 4.02. The summed E-state index contributed by atoms with van der Waals surface area (Å²) >= 11 is 8.08. The number of nitrogens with one attached hydrogen (secondary N) is 1. The number of fused-ring (bicyclic) bond motifs is 2. The Kier molecular flexibility index (Phi) is 4.36. The first-order valence-corrected chi connectivity index (χ1v) is 10.6. The fourth-order valence-electron chi connectivity index (χ4n) is 3.44. The van der Waals surface area contributed by atoms with Crippen molar-refractivity contribution in [2.45, 2.75) is 29.8 Å². The molecule has 1 saturated heterocycles. The van der Waals surface area contributed by atoms with Gasteiger partial charge in [0.2, 0.25) is 5.95 Å². The largest absolute Gasteiger partial charge is 0.383 e. The van der Waals surface area contributed by atoms with Gasteiger partial charge in [-0.25, -0.2) is 15.0 Å². The minimum atomic E-state index is 0.156. The molecule has 0 radical (unpaired) electrons. The minimum Gasteiger partial charge on any atom is -0.383 e. The number of aryl methyl sites for hydroxylation is 1. The van der Waals surface area contributed by atoms with E-state index in [2.05, 4.69) is 26.8 Å². The van der Waals surface area contributed by atoms with Crippen LogP contribution in [0.2, 0.25) is 5.02 Å². The van der Waals surface area contributed by atoms with Gasteiger partial charge in [0.05, 0.1) is 15.9 Å². The second-order valence-corrected chi connectivity index (χ2v) is 8.33. The highest BCUT2D eigenvalue weighted by Gasteiger charge is 2.24. The molecular weight excluding hydrogens is 408 g/mol. The van der Waals surface area contributed by atoms with Crippen molar-refractivity contribution >= 4 is 62.9 Å². The van der Waals surface area contributed by atoms with Crippen molar-refractivity contribution in [2.75, 3.05) is 29.5 Å². The summed E-state index contributed by atoms with van der Waals surface area (Å²) in [6.07, 6.45) is 1.97. The molecule has 5 N–H and O–H groups in total. The topological polar surface area (TPSA) is 123 Å². The number of aromatic amines is 1. The summed E-state index contributed by atoms with van der Waals surface area (Å²) in [4.78, 5) is 24.4. The lowest BCUT2D eigenvalue weighted by Gasteiger charge is -2.32. The van der Waals surface area contributed by atoms with Gasteiger partial charge < -0.3 is 21.4 Å². The number of hydrogen-bond acceptors (Lipinski definition) is 8. The van der Waals surface area contributed by atoms with Crippen LogP contribution in [0.3, 0.4) is 0 Å². The number of H-pyrrole nitrogens is 1. The smallest absolute Gasteiger partial charge is 0.222 e. The van der Waals surface area contributed by atoms with E-state index >= 15 is 0 Å². The van der Waals surface area contributed by atoms with Gasteiger partial charge in [0.1, 0.15) is 17.3 Å². The van der Waals surface area contributed by atoms with Crippen molar-refractivity contribution in [3.8, 4) is 0 Å². The van der Waals surface area contributed by atoms with Crippen LogP contribution in [-0.2, 0) is 6.42 Å². The molecule has 1 aliphatic rings. The Morgan fingerprint density at radius 1 is 1.17 bits per heavy atom. The van der Waals surface area contributed by atoms with E-state index in [4.69, 9.17) is 33.0 Å². The second-order valence-electron chi connectivity index (χ2n) is 6.91. The van der Waals surface area contributed by atoms with Crippen molar-refractivity contribution in [2.24, 2.45) is 0 Å². The van der Waals surface area contributed by atoms with E-state index in [1.54, 1.807) is 0 Å². The fraction of sp³-hybridized carbons (Fsp3) is 0.263. The van der Waals surface area contributed by atoms with Crippen molar-refractivity contribution in [1.29, 1.82) is 0 Å². The van der Waals surface area contributed by atoms with Crippen LogP contribution in [0.1, 0.15) is 19.0 Å². The van der Waals surface area contributed by atoms with Gasteiger partial charge in [0, 0.05) is 29.1 Å². The number of benzene rings is 1. The summed E-state index contributed by atoms with van der Waals surface area (Å²) in [5.74, 6) is 1.42. The van der Waals surface area contributed by atoms with Crippen molar-refractivity contribution in [3.63, 3.8) is 0 Å². The minimum absolute atomic E-state index is 0.156. The normalized spacial score (nSPS) is 13.9. The highest BCUT2D eigenvalue weighted by Crippen LogP contribution is 2.38. The number of nitrogens with zero attached hydrogens (tertiary/aromatic N) is 5. The van der Waals surface area contributed by atoms with Gasteiger partial charge in [-0.15, -0.1) is 0 Å². The molecule has 1 fully saturated rings. The van der Waals surface area contributed by atoms with Crippen molar-refractivity contribution < 1.29 is 0 Å². The highest BCUT2D eigenvalue weighted by molar-refractivity contribution is 7.99. The highest BCUT2D eigenvalue weighted by atomic mass is 35.5. The Hall–Kier alpha value is -2.78. The molecule has 0 atom stereocenters. The van der Waals surface area contributed by atoms with Gasteiger partial charge in [-0.3, -0.25) is 0 Å². The van der Waals surface area contributed by atoms with Gasteiger partial charge in [0.25, 0.3) is 0 Å². The van der Waals surface area contributed by atoms with E-state index in [0.29, 0.717) is 21.5 Å². The van der Waals surface area contributed by atoms with Crippen LogP contribution >= 0.6 is 23.4 Å². The molecule has 0 saturated carbocycles. The lowest BCUT2D eigenvalue weighted by atomic mass is 10.2. The Bertz CT molecular complexity index is 1250. The summed E-state index contributed by atoms with van der Waals surface area (Å²) in [7, 11) is 0.